The molecule has 0 aliphatic rings. The van der Waals surface area contributed by atoms with E-state index in [4.69, 9.17) is 5.21 Å². The van der Waals surface area contributed by atoms with Gasteiger partial charge in [-0.15, -0.1) is 0 Å². The van der Waals surface area contributed by atoms with E-state index in [1.807, 2.05) is 62.4 Å². The number of para-hydroxylation sites is 1. The van der Waals surface area contributed by atoms with Gasteiger partial charge in [-0.25, -0.2) is 0 Å². The molecule has 0 fully saturated rings. The van der Waals surface area contributed by atoms with Crippen LogP contribution in [0.5, 0.6) is 0 Å². The lowest BCUT2D eigenvalue weighted by Crippen LogP contribution is -2.25. The van der Waals surface area contributed by atoms with Gasteiger partial charge in [0.2, 0.25) is 0 Å². The molecule has 0 aliphatic heterocycles. The normalized spacial score (nSPS) is 11.2. The molecule has 0 aliphatic carbocycles. The Hall–Kier alpha value is -2.62. The first kappa shape index (κ1) is 14.8. The van der Waals surface area contributed by atoms with Gasteiger partial charge >= 0.3 is 0 Å². The molecule has 2 N–H and O–H groups in total. The fourth-order valence-electron chi connectivity index (χ4n) is 2.15. The summed E-state index contributed by atoms with van der Waals surface area (Å²) in [5, 5.41) is 15.1. The first-order chi connectivity index (χ1) is 10.1. The van der Waals surface area contributed by atoms with Crippen molar-refractivity contribution in [3.63, 3.8) is 0 Å². The number of nitrogens with zero attached hydrogens (tertiary/aromatic N) is 1. The highest BCUT2D eigenvalue weighted by Gasteiger charge is 2.15. The van der Waals surface area contributed by atoms with Crippen molar-refractivity contribution in [2.24, 2.45) is 5.16 Å². The van der Waals surface area contributed by atoms with Crippen molar-refractivity contribution in [3.05, 3.63) is 65.2 Å². The Morgan fingerprint density at radius 2 is 1.67 bits per heavy atom. The zero-order valence-electron chi connectivity index (χ0n) is 12.1. The van der Waals surface area contributed by atoms with Gasteiger partial charge in [0.1, 0.15) is 5.71 Å². The number of hydrogen-bond donors (Lipinski definition) is 2. The first-order valence-corrected chi connectivity index (χ1v) is 6.74. The molecule has 1 amide bonds. The molecule has 2 aromatic rings. The molecule has 0 aromatic heterocycles. The molecule has 0 spiro atoms. The van der Waals surface area contributed by atoms with Crippen molar-refractivity contribution in [2.45, 2.75) is 20.3 Å². The summed E-state index contributed by atoms with van der Waals surface area (Å²) in [6.07, 6.45) is 0.286. The fraction of sp³-hybridized carbons (Fsp3) is 0.176. The molecule has 4 nitrogen and oxygen atoms in total. The largest absolute Gasteiger partial charge is 0.410 e. The predicted octanol–water partition coefficient (Wildman–Crippen LogP) is 3.31. The van der Waals surface area contributed by atoms with Crippen LogP contribution >= 0.6 is 0 Å². The van der Waals surface area contributed by atoms with Crippen LogP contribution in [0.3, 0.4) is 0 Å². The first-order valence-electron chi connectivity index (χ1n) is 6.74. The quantitative estimate of drug-likeness (QED) is 0.513. The molecule has 0 radical (unpaired) electrons. The number of aryl methyl sites for hydroxylation is 2. The van der Waals surface area contributed by atoms with Gasteiger partial charge in [-0.1, -0.05) is 53.7 Å². The van der Waals surface area contributed by atoms with E-state index >= 15 is 0 Å². The molecule has 21 heavy (non-hydrogen) atoms. The zero-order chi connectivity index (χ0) is 15.2. The predicted molar refractivity (Wildman–Crippen MR) is 83.9 cm³/mol. The molecule has 2 rings (SSSR count). The zero-order valence-corrected chi connectivity index (χ0v) is 12.1. The van der Waals surface area contributed by atoms with E-state index in [-0.39, 0.29) is 12.1 Å². The Morgan fingerprint density at radius 1 is 1.05 bits per heavy atom. The van der Waals surface area contributed by atoms with Crippen LogP contribution in [0.4, 0.5) is 5.69 Å². The Kier molecular flexibility index (Phi) is 4.72. The number of hydrogen-bond acceptors (Lipinski definition) is 3. The lowest BCUT2D eigenvalue weighted by atomic mass is 10.1. The third-order valence-corrected chi connectivity index (χ3v) is 3.32. The second kappa shape index (κ2) is 6.70. The lowest BCUT2D eigenvalue weighted by molar-refractivity contribution is -0.110. The van der Waals surface area contributed by atoms with Gasteiger partial charge < -0.3 is 10.5 Å². The van der Waals surface area contributed by atoms with Crippen molar-refractivity contribution >= 4 is 17.3 Å². The number of nitrogens with one attached hydrogen (secondary N) is 1. The summed E-state index contributed by atoms with van der Waals surface area (Å²) in [4.78, 5) is 12.3. The van der Waals surface area contributed by atoms with Crippen LogP contribution in [0.25, 0.3) is 0 Å². The molecular formula is C17H18N2O2. The SMILES string of the molecule is Cc1cccc(C)c1NC(=O)/C(Cc1ccccc1)=N/O. The molecule has 4 heteroatoms. The van der Waals surface area contributed by atoms with Crippen LogP contribution in [0.15, 0.2) is 53.7 Å². The van der Waals surface area contributed by atoms with Gasteiger partial charge in [0, 0.05) is 12.1 Å². The summed E-state index contributed by atoms with van der Waals surface area (Å²) in [6.45, 7) is 3.85. The molecule has 0 saturated carbocycles. The molecule has 108 valence electrons. The fourth-order valence-corrected chi connectivity index (χ4v) is 2.15. The Labute approximate surface area is 124 Å². The minimum absolute atomic E-state index is 0.0869. The third kappa shape index (κ3) is 3.69. The van der Waals surface area contributed by atoms with Crippen LogP contribution in [0, 0.1) is 13.8 Å². The number of oxime groups is 1. The molecule has 0 unspecified atom stereocenters. The number of anilines is 1. The van der Waals surface area contributed by atoms with Gasteiger partial charge in [0.15, 0.2) is 0 Å². The van der Waals surface area contributed by atoms with Gasteiger partial charge in [-0.05, 0) is 30.5 Å². The highest BCUT2D eigenvalue weighted by molar-refractivity contribution is 6.43. The maximum Gasteiger partial charge on any atom is 0.273 e. The number of carbonyl (C=O) groups excluding carboxylic acids is 1. The highest BCUT2D eigenvalue weighted by Crippen LogP contribution is 2.19. The molecule has 0 atom stereocenters. The topological polar surface area (TPSA) is 61.7 Å². The summed E-state index contributed by atoms with van der Waals surface area (Å²) in [7, 11) is 0. The monoisotopic (exact) mass is 282 g/mol. The van der Waals surface area contributed by atoms with Crippen molar-refractivity contribution in [1.29, 1.82) is 0 Å². The molecule has 2 aromatic carbocycles. The van der Waals surface area contributed by atoms with Crippen molar-refractivity contribution in [1.82, 2.24) is 0 Å². The van der Waals surface area contributed by atoms with E-state index in [1.165, 1.54) is 0 Å². The average molecular weight is 282 g/mol. The number of carbonyl (C=O) groups is 1. The van der Waals surface area contributed by atoms with Crippen LogP contribution in [0.2, 0.25) is 0 Å². The van der Waals surface area contributed by atoms with Crippen LogP contribution in [-0.4, -0.2) is 16.8 Å². The van der Waals surface area contributed by atoms with Crippen LogP contribution in [0.1, 0.15) is 16.7 Å². The maximum atomic E-state index is 12.3. The van der Waals surface area contributed by atoms with Crippen LogP contribution in [-0.2, 0) is 11.2 Å². The second-order valence-electron chi connectivity index (χ2n) is 4.93. The standard InChI is InChI=1S/C17H18N2O2/c1-12-7-6-8-13(2)16(12)18-17(20)15(19-21)11-14-9-4-3-5-10-14/h3-10,21H,11H2,1-2H3,(H,18,20)/b19-15+. The maximum absolute atomic E-state index is 12.3. The van der Waals surface area contributed by atoms with Gasteiger partial charge in [-0.2, -0.15) is 0 Å². The molecule has 0 heterocycles. The average Bonchev–Trinajstić information content (AvgIpc) is 2.49. The van der Waals surface area contributed by atoms with Gasteiger partial charge in [0.05, 0.1) is 0 Å². The van der Waals surface area contributed by atoms with E-state index in [2.05, 4.69) is 10.5 Å². The van der Waals surface area contributed by atoms with E-state index in [0.29, 0.717) is 0 Å². The Balaban J connectivity index is 2.15. The molecule has 0 saturated heterocycles. The minimum atomic E-state index is -0.390. The van der Waals surface area contributed by atoms with E-state index in [9.17, 15) is 4.79 Å². The Bertz CT molecular complexity index is 643. The summed E-state index contributed by atoms with van der Waals surface area (Å²) in [6, 6.07) is 15.2. The summed E-state index contributed by atoms with van der Waals surface area (Å²) < 4.78 is 0. The molecular weight excluding hydrogens is 264 g/mol. The lowest BCUT2D eigenvalue weighted by Gasteiger charge is -2.12. The van der Waals surface area contributed by atoms with Crippen molar-refractivity contribution in [2.75, 3.05) is 5.32 Å². The van der Waals surface area contributed by atoms with Gasteiger partial charge in [0.25, 0.3) is 5.91 Å². The second-order valence-corrected chi connectivity index (χ2v) is 4.93. The summed E-state index contributed by atoms with van der Waals surface area (Å²) >= 11 is 0. The van der Waals surface area contributed by atoms with E-state index in [1.54, 1.807) is 0 Å². The third-order valence-electron chi connectivity index (χ3n) is 3.32. The van der Waals surface area contributed by atoms with Crippen molar-refractivity contribution < 1.29 is 10.0 Å². The van der Waals surface area contributed by atoms with E-state index in [0.717, 1.165) is 22.4 Å². The minimum Gasteiger partial charge on any atom is -0.410 e. The number of amides is 1. The summed E-state index contributed by atoms with van der Waals surface area (Å²) in [5.41, 5.74) is 3.71. The summed E-state index contributed by atoms with van der Waals surface area (Å²) in [5.74, 6) is -0.390. The van der Waals surface area contributed by atoms with Crippen molar-refractivity contribution in [3.8, 4) is 0 Å². The smallest absolute Gasteiger partial charge is 0.273 e. The highest BCUT2D eigenvalue weighted by atomic mass is 16.4. The Morgan fingerprint density at radius 3 is 2.24 bits per heavy atom. The van der Waals surface area contributed by atoms with E-state index < -0.39 is 5.91 Å². The van der Waals surface area contributed by atoms with Crippen LogP contribution < -0.4 is 5.32 Å². The van der Waals surface area contributed by atoms with Gasteiger partial charge in [-0.3, -0.25) is 4.79 Å². The number of benzene rings is 2. The molecule has 0 bridgehead atoms. The number of rotatable bonds is 4.